The van der Waals surface area contributed by atoms with E-state index in [0.29, 0.717) is 6.07 Å². The Labute approximate surface area is 154 Å². The Kier molecular flexibility index (Phi) is 4.99. The van der Waals surface area contributed by atoms with E-state index in [1.165, 1.54) is 0 Å². The highest BCUT2D eigenvalue weighted by Gasteiger charge is 2.39. The molecule has 150 valence electrons. The van der Waals surface area contributed by atoms with Gasteiger partial charge in [-0.25, -0.2) is 4.79 Å². The summed E-state index contributed by atoms with van der Waals surface area (Å²) in [4.78, 5) is 15.5. The van der Waals surface area contributed by atoms with Crippen LogP contribution >= 0.6 is 0 Å². The molecule has 0 atom stereocenters. The van der Waals surface area contributed by atoms with E-state index in [4.69, 9.17) is 0 Å². The summed E-state index contributed by atoms with van der Waals surface area (Å²) in [7, 11) is 0. The molecule has 1 heterocycles. The van der Waals surface area contributed by atoms with Crippen molar-refractivity contribution in [3.05, 3.63) is 47.2 Å². The Hall–Kier alpha value is -2.78. The topological polar surface area (TPSA) is 59.4 Å². The number of hydrogen-bond acceptors (Lipinski definition) is 3. The molecule has 1 saturated carbocycles. The second-order valence-corrected chi connectivity index (χ2v) is 6.40. The zero-order valence-electron chi connectivity index (χ0n) is 14.1. The summed E-state index contributed by atoms with van der Waals surface area (Å²) in [5, 5.41) is 9.29. The lowest BCUT2D eigenvalue weighted by Gasteiger charge is -2.16. The normalized spacial score (nSPS) is 14.8. The van der Waals surface area contributed by atoms with Gasteiger partial charge in [-0.3, -0.25) is 4.98 Å². The molecule has 28 heavy (non-hydrogen) atoms. The Balaban J connectivity index is 2.06. The van der Waals surface area contributed by atoms with E-state index >= 15 is 0 Å². The Morgan fingerprint density at radius 2 is 1.71 bits per heavy atom. The molecule has 1 aromatic heterocycles. The summed E-state index contributed by atoms with van der Waals surface area (Å²) < 4.78 is 80.8. The molecule has 0 bridgehead atoms. The minimum Gasteiger partial charge on any atom is -0.478 e. The van der Waals surface area contributed by atoms with Crippen molar-refractivity contribution in [1.29, 1.82) is 0 Å². The van der Waals surface area contributed by atoms with Gasteiger partial charge < -0.3 is 9.84 Å². The van der Waals surface area contributed by atoms with E-state index in [1.54, 1.807) is 0 Å². The number of carboxylic acid groups (broad SMARTS) is 1. The molecule has 0 aliphatic heterocycles. The molecule has 1 N–H and O–H groups in total. The molecule has 0 saturated heterocycles. The van der Waals surface area contributed by atoms with Crippen molar-refractivity contribution in [3.63, 3.8) is 0 Å². The molecule has 1 aliphatic rings. The van der Waals surface area contributed by atoms with Crippen LogP contribution in [0.25, 0.3) is 11.3 Å². The maximum Gasteiger partial charge on any atom is 0.573 e. The van der Waals surface area contributed by atoms with Gasteiger partial charge in [-0.1, -0.05) is 0 Å². The predicted octanol–water partition coefficient (Wildman–Crippen LogP) is 5.32. The number of aromatic nitrogens is 1. The maximum atomic E-state index is 13.5. The van der Waals surface area contributed by atoms with Crippen molar-refractivity contribution < 1.29 is 41.0 Å². The largest absolute Gasteiger partial charge is 0.573 e. The van der Waals surface area contributed by atoms with Gasteiger partial charge in [0.25, 0.3) is 0 Å². The number of halogens is 6. The van der Waals surface area contributed by atoms with E-state index in [2.05, 4.69) is 9.72 Å². The van der Waals surface area contributed by atoms with Crippen LogP contribution in [-0.2, 0) is 12.6 Å². The van der Waals surface area contributed by atoms with Gasteiger partial charge in [0.2, 0.25) is 0 Å². The lowest BCUT2D eigenvalue weighted by Crippen LogP contribution is -2.18. The third-order valence-corrected chi connectivity index (χ3v) is 4.18. The number of rotatable bonds is 5. The maximum absolute atomic E-state index is 13.5. The first-order valence-corrected chi connectivity index (χ1v) is 8.14. The van der Waals surface area contributed by atoms with Crippen LogP contribution in [0, 0.1) is 5.92 Å². The third-order valence-electron chi connectivity index (χ3n) is 4.18. The fraction of sp³-hybridized carbons (Fsp3) is 0.333. The molecule has 0 unspecified atom stereocenters. The fourth-order valence-electron chi connectivity index (χ4n) is 2.78. The first kappa shape index (κ1) is 20.0. The molecule has 1 aromatic carbocycles. The number of ether oxygens (including phenoxy) is 1. The highest BCUT2D eigenvalue weighted by molar-refractivity contribution is 5.91. The van der Waals surface area contributed by atoms with Gasteiger partial charge in [-0.2, -0.15) is 13.2 Å². The second-order valence-electron chi connectivity index (χ2n) is 6.40. The molecular weight excluding hydrogens is 392 g/mol. The van der Waals surface area contributed by atoms with Gasteiger partial charge >= 0.3 is 18.5 Å². The zero-order valence-corrected chi connectivity index (χ0v) is 14.1. The van der Waals surface area contributed by atoms with Crippen molar-refractivity contribution in [3.8, 4) is 17.0 Å². The van der Waals surface area contributed by atoms with Gasteiger partial charge in [0, 0.05) is 5.56 Å². The van der Waals surface area contributed by atoms with Crippen molar-refractivity contribution in [2.24, 2.45) is 5.92 Å². The van der Waals surface area contributed by atoms with Crippen molar-refractivity contribution in [2.75, 3.05) is 0 Å². The quantitative estimate of drug-likeness (QED) is 0.685. The molecule has 1 aliphatic carbocycles. The van der Waals surface area contributed by atoms with Crippen molar-refractivity contribution in [1.82, 2.24) is 4.98 Å². The van der Waals surface area contributed by atoms with E-state index < -0.39 is 35.4 Å². The molecule has 10 heteroatoms. The average molecular weight is 405 g/mol. The molecule has 0 spiro atoms. The van der Waals surface area contributed by atoms with E-state index in [1.807, 2.05) is 0 Å². The minimum atomic E-state index is -4.93. The van der Waals surface area contributed by atoms with Crippen LogP contribution in [0.1, 0.15) is 34.5 Å². The summed E-state index contributed by atoms with van der Waals surface area (Å²) in [5.41, 5.74) is -2.48. The number of carbonyl (C=O) groups is 1. The zero-order chi connectivity index (χ0) is 20.7. The van der Waals surface area contributed by atoms with E-state index in [0.717, 1.165) is 37.1 Å². The number of carboxylic acids is 1. The summed E-state index contributed by atoms with van der Waals surface area (Å²) in [5.74, 6) is -2.19. The highest BCUT2D eigenvalue weighted by atomic mass is 19.4. The van der Waals surface area contributed by atoms with Crippen LogP contribution in [0.2, 0.25) is 0 Å². The molecule has 1 fully saturated rings. The van der Waals surface area contributed by atoms with Gasteiger partial charge in [0.15, 0.2) is 0 Å². The first-order valence-electron chi connectivity index (χ1n) is 8.14. The van der Waals surface area contributed by atoms with Gasteiger partial charge in [0.1, 0.15) is 5.75 Å². The van der Waals surface area contributed by atoms with Crippen LogP contribution in [0.3, 0.4) is 0 Å². The molecule has 4 nitrogen and oxygen atoms in total. The highest BCUT2D eigenvalue weighted by Crippen LogP contribution is 2.39. The summed E-state index contributed by atoms with van der Waals surface area (Å²) in [6.07, 6.45) is -8.19. The summed E-state index contributed by atoms with van der Waals surface area (Å²) in [6.45, 7) is 0. The number of alkyl halides is 6. The van der Waals surface area contributed by atoms with Crippen LogP contribution < -0.4 is 4.74 Å². The Morgan fingerprint density at radius 1 is 1.11 bits per heavy atom. The Morgan fingerprint density at radius 3 is 2.18 bits per heavy atom. The first-order chi connectivity index (χ1) is 12.9. The fourth-order valence-corrected chi connectivity index (χ4v) is 2.78. The number of nitrogens with zero attached hydrogens (tertiary/aromatic N) is 1. The monoisotopic (exact) mass is 405 g/mol. The Bertz CT molecular complexity index is 886. The number of aromatic carboxylic acids is 1. The molecule has 0 radical (unpaired) electrons. The SMILES string of the molecule is O=C(O)c1c(C(F)(F)F)cc(-c2ccc(OC(F)(F)F)cc2)nc1CC1CC1. The van der Waals surface area contributed by atoms with Crippen LogP contribution in [0.5, 0.6) is 5.75 Å². The van der Waals surface area contributed by atoms with Gasteiger partial charge in [0.05, 0.1) is 22.5 Å². The average Bonchev–Trinajstić information content (AvgIpc) is 3.36. The van der Waals surface area contributed by atoms with E-state index in [9.17, 15) is 36.2 Å². The predicted molar refractivity (Wildman–Crippen MR) is 84.7 cm³/mol. The van der Waals surface area contributed by atoms with Crippen molar-refractivity contribution in [2.45, 2.75) is 31.8 Å². The third kappa shape index (κ3) is 4.73. The molecular formula is C18H13F6NO3. The lowest BCUT2D eigenvalue weighted by molar-refractivity contribution is -0.274. The van der Waals surface area contributed by atoms with E-state index in [-0.39, 0.29) is 29.3 Å². The van der Waals surface area contributed by atoms with Crippen LogP contribution in [0.4, 0.5) is 26.3 Å². The van der Waals surface area contributed by atoms with Crippen LogP contribution in [0.15, 0.2) is 30.3 Å². The van der Waals surface area contributed by atoms with Crippen LogP contribution in [-0.4, -0.2) is 22.4 Å². The molecule has 3 rings (SSSR count). The van der Waals surface area contributed by atoms with Gasteiger partial charge in [-0.15, -0.1) is 13.2 Å². The minimum absolute atomic E-state index is 0.0736. The number of benzene rings is 1. The molecule has 2 aromatic rings. The smallest absolute Gasteiger partial charge is 0.478 e. The van der Waals surface area contributed by atoms with Crippen molar-refractivity contribution >= 4 is 5.97 Å². The number of hydrogen-bond donors (Lipinski definition) is 1. The second kappa shape index (κ2) is 6.99. The molecule has 0 amide bonds. The van der Waals surface area contributed by atoms with Gasteiger partial charge in [-0.05, 0) is 55.5 Å². The number of pyridine rings is 1. The summed E-state index contributed by atoms with van der Waals surface area (Å²) >= 11 is 0. The summed E-state index contributed by atoms with van der Waals surface area (Å²) in [6, 6.07) is 4.75. The lowest BCUT2D eigenvalue weighted by atomic mass is 9.99. The standard InChI is InChI=1S/C18H13F6NO3/c19-17(20,21)12-8-13(10-3-5-11(6-4-10)28-18(22,23)24)25-14(7-9-1-2-9)15(12)16(26)27/h3-6,8-9H,1-2,7H2,(H,26,27).